The van der Waals surface area contributed by atoms with Crippen LogP contribution in [0.25, 0.3) is 11.1 Å². The van der Waals surface area contributed by atoms with Crippen molar-refractivity contribution in [3.63, 3.8) is 0 Å². The van der Waals surface area contributed by atoms with Crippen molar-refractivity contribution in [2.24, 2.45) is 0 Å². The molecule has 272 valence electrons. The molecule has 2 aromatic rings. The van der Waals surface area contributed by atoms with E-state index in [0.717, 1.165) is 80.1 Å². The van der Waals surface area contributed by atoms with Gasteiger partial charge in [-0.3, -0.25) is 14.4 Å². The fraction of sp³-hybridized carbons (Fsp3) is 0.444. The number of cyclic esters (lactones) is 1. The van der Waals surface area contributed by atoms with Crippen molar-refractivity contribution < 1.29 is 37.1 Å². The Kier molecular flexibility index (Phi) is 16.9. The molecule has 3 amide bonds. The van der Waals surface area contributed by atoms with Gasteiger partial charge in [-0.15, -0.1) is 0 Å². The van der Waals surface area contributed by atoms with Crippen molar-refractivity contribution in [1.82, 2.24) is 21.3 Å². The quantitative estimate of drug-likeness (QED) is 0.0654. The summed E-state index contributed by atoms with van der Waals surface area (Å²) in [4.78, 5) is 47.8. The second-order valence-corrected chi connectivity index (χ2v) is 14.3. The molecule has 0 spiro atoms. The number of sulfone groups is 1. The molecule has 14 heteroatoms. The van der Waals surface area contributed by atoms with Gasteiger partial charge in [-0.25, -0.2) is 13.2 Å². The van der Waals surface area contributed by atoms with E-state index in [9.17, 15) is 27.6 Å². The summed E-state index contributed by atoms with van der Waals surface area (Å²) in [6, 6.07) is 13.8. The van der Waals surface area contributed by atoms with Gasteiger partial charge in [0.15, 0.2) is 9.84 Å². The maximum Gasteiger partial charge on any atom is 0.339 e. The minimum Gasteiger partial charge on any atom is -0.494 e. The van der Waals surface area contributed by atoms with Crippen molar-refractivity contribution in [2.75, 3.05) is 51.4 Å². The van der Waals surface area contributed by atoms with Crippen LogP contribution in [0.1, 0.15) is 62.5 Å². The highest BCUT2D eigenvalue weighted by atomic mass is 32.2. The van der Waals surface area contributed by atoms with Gasteiger partial charge in [0.1, 0.15) is 12.4 Å². The predicted octanol–water partition coefficient (Wildman–Crippen LogP) is 3.44. The van der Waals surface area contributed by atoms with Gasteiger partial charge < -0.3 is 30.7 Å². The van der Waals surface area contributed by atoms with Crippen LogP contribution in [0.4, 0.5) is 0 Å². The number of amides is 3. The second-order valence-electron chi connectivity index (χ2n) is 11.9. The van der Waals surface area contributed by atoms with Crippen molar-refractivity contribution in [1.29, 1.82) is 0 Å². The summed E-state index contributed by atoms with van der Waals surface area (Å²) in [6.45, 7) is 5.08. The van der Waals surface area contributed by atoms with Crippen LogP contribution in [0, 0.1) is 0 Å². The molecule has 3 rings (SSSR count). The molecule has 1 aliphatic rings. The van der Waals surface area contributed by atoms with Gasteiger partial charge in [-0.2, -0.15) is 12.6 Å². The number of rotatable bonds is 23. The molecule has 0 unspecified atom stereocenters. The largest absolute Gasteiger partial charge is 0.494 e. The molecule has 0 aromatic heterocycles. The number of hydrogen-bond acceptors (Lipinski definition) is 10. The topological polar surface area (TPSA) is 169 Å². The first-order chi connectivity index (χ1) is 24.0. The van der Waals surface area contributed by atoms with E-state index in [1.165, 1.54) is 12.1 Å². The zero-order valence-corrected chi connectivity index (χ0v) is 30.3. The lowest BCUT2D eigenvalue weighted by Crippen LogP contribution is -2.41. The van der Waals surface area contributed by atoms with Gasteiger partial charge in [-0.05, 0) is 48.2 Å². The molecule has 0 saturated carbocycles. The normalized spacial score (nSPS) is 12.6. The number of benzene rings is 2. The second kappa shape index (κ2) is 21.0. The molecule has 0 radical (unpaired) electrons. The third-order valence-corrected chi connectivity index (χ3v) is 9.29. The molecule has 50 heavy (non-hydrogen) atoms. The first-order valence-corrected chi connectivity index (χ1v) is 19.3. The number of ether oxygens (including phenoxy) is 2. The number of thiol groups is 1. The predicted molar refractivity (Wildman–Crippen MR) is 196 cm³/mol. The average Bonchev–Trinajstić information content (AvgIpc) is 3.50. The Morgan fingerprint density at radius 3 is 1.96 bits per heavy atom. The third kappa shape index (κ3) is 14.3. The number of unbranched alkanes of at least 4 members (excludes halogenated alkanes) is 7. The smallest absolute Gasteiger partial charge is 0.339 e. The van der Waals surface area contributed by atoms with Crippen LogP contribution in [-0.4, -0.2) is 83.5 Å². The van der Waals surface area contributed by atoms with E-state index < -0.39 is 15.8 Å². The molecule has 0 atom stereocenters. The van der Waals surface area contributed by atoms with Gasteiger partial charge in [0.25, 0.3) is 0 Å². The first-order valence-electron chi connectivity index (χ1n) is 16.7. The number of hydrogen-bond donors (Lipinski definition) is 5. The highest BCUT2D eigenvalue weighted by molar-refractivity contribution is 7.90. The lowest BCUT2D eigenvalue weighted by atomic mass is 9.97. The van der Waals surface area contributed by atoms with E-state index in [1.807, 2.05) is 24.3 Å². The van der Waals surface area contributed by atoms with E-state index in [1.54, 1.807) is 12.1 Å². The van der Waals surface area contributed by atoms with Crippen molar-refractivity contribution in [3.05, 3.63) is 71.9 Å². The summed E-state index contributed by atoms with van der Waals surface area (Å²) in [5, 5.41) is 10.7. The number of esters is 1. The fourth-order valence-corrected chi connectivity index (χ4v) is 5.83. The highest BCUT2D eigenvalue weighted by Gasteiger charge is 2.27. The minimum absolute atomic E-state index is 0.0408. The van der Waals surface area contributed by atoms with Crippen LogP contribution >= 0.6 is 12.6 Å². The molecule has 2 aromatic carbocycles. The van der Waals surface area contributed by atoms with Crippen LogP contribution in [0.2, 0.25) is 0 Å². The summed E-state index contributed by atoms with van der Waals surface area (Å²) in [5.41, 5.74) is 3.13. The SMILES string of the molecule is C=C(CNC(=O)CS)NCC(=O)NCC(=O)NCCCCCCCCCCOc1ccc(C2=C(c3ccc(S(C)(=O)=O)cc3)COC2=O)cc1. The van der Waals surface area contributed by atoms with Gasteiger partial charge in [0.2, 0.25) is 17.7 Å². The molecule has 0 aliphatic carbocycles. The first kappa shape index (κ1) is 40.1. The van der Waals surface area contributed by atoms with Crippen LogP contribution in [0.3, 0.4) is 0 Å². The fourth-order valence-electron chi connectivity index (χ4n) is 5.08. The summed E-state index contributed by atoms with van der Waals surface area (Å²) >= 11 is 3.86. The van der Waals surface area contributed by atoms with Gasteiger partial charge >= 0.3 is 5.97 Å². The van der Waals surface area contributed by atoms with Crippen molar-refractivity contribution >= 4 is 57.3 Å². The lowest BCUT2D eigenvalue weighted by molar-refractivity contribution is -0.134. The Balaban J connectivity index is 1.20. The monoisotopic (exact) mass is 728 g/mol. The lowest BCUT2D eigenvalue weighted by Gasteiger charge is -2.11. The Labute approximate surface area is 300 Å². The molecular weight excluding hydrogens is 681 g/mol. The van der Waals surface area contributed by atoms with E-state index in [2.05, 4.69) is 40.5 Å². The molecule has 12 nitrogen and oxygen atoms in total. The summed E-state index contributed by atoms with van der Waals surface area (Å²) in [5.74, 6) is -0.428. The average molecular weight is 729 g/mol. The molecule has 1 aliphatic heterocycles. The van der Waals surface area contributed by atoms with E-state index in [0.29, 0.717) is 24.4 Å². The molecule has 0 saturated heterocycles. The number of carbonyl (C=O) groups is 4. The van der Waals surface area contributed by atoms with Gasteiger partial charge in [-0.1, -0.05) is 69.4 Å². The van der Waals surface area contributed by atoms with Crippen molar-refractivity contribution in [2.45, 2.75) is 56.3 Å². The highest BCUT2D eigenvalue weighted by Crippen LogP contribution is 2.34. The van der Waals surface area contributed by atoms with E-state index in [4.69, 9.17) is 9.47 Å². The van der Waals surface area contributed by atoms with Gasteiger partial charge in [0.05, 0.1) is 42.5 Å². The van der Waals surface area contributed by atoms with Crippen LogP contribution in [0.5, 0.6) is 5.75 Å². The standard InChI is InChI=1S/C36H48N4O8S2/c1-26(21-39-34(43)25-49)38-22-33(42)40-23-32(41)37-19-9-7-5-3-4-6-8-10-20-47-29-15-11-28(12-16-29)35-31(24-48-36(35)44)27-13-17-30(18-14-27)50(2,45)46/h11-18,38,49H,1,3-10,19-25H2,2H3,(H,37,41)(H,39,43)(H,40,42). The summed E-state index contributed by atoms with van der Waals surface area (Å²) in [6.07, 6.45) is 9.55. The minimum atomic E-state index is -3.31. The Morgan fingerprint density at radius 1 is 0.760 bits per heavy atom. The summed E-state index contributed by atoms with van der Waals surface area (Å²) < 4.78 is 34.8. The van der Waals surface area contributed by atoms with E-state index in [-0.39, 0.29) is 54.6 Å². The third-order valence-electron chi connectivity index (χ3n) is 7.88. The molecule has 0 bridgehead atoms. The molecule has 1 heterocycles. The van der Waals surface area contributed by atoms with Gasteiger partial charge in [0, 0.05) is 24.1 Å². The molecule has 0 fully saturated rings. The van der Waals surface area contributed by atoms with Crippen LogP contribution in [0.15, 0.2) is 65.7 Å². The van der Waals surface area contributed by atoms with Crippen LogP contribution < -0.4 is 26.0 Å². The zero-order chi connectivity index (χ0) is 36.4. The Morgan fingerprint density at radius 2 is 1.32 bits per heavy atom. The zero-order valence-electron chi connectivity index (χ0n) is 28.6. The number of carbonyl (C=O) groups excluding carboxylic acids is 4. The van der Waals surface area contributed by atoms with Crippen LogP contribution in [-0.2, 0) is 33.8 Å². The Bertz CT molecular complexity index is 1610. The number of nitrogens with one attached hydrogen (secondary N) is 4. The maximum atomic E-state index is 12.5. The summed E-state index contributed by atoms with van der Waals surface area (Å²) in [7, 11) is -3.31. The molecular formula is C36H48N4O8S2. The molecule has 4 N–H and O–H groups in total. The Hall–Kier alpha value is -4.30. The van der Waals surface area contributed by atoms with E-state index >= 15 is 0 Å². The maximum absolute atomic E-state index is 12.5. The van der Waals surface area contributed by atoms with Crippen molar-refractivity contribution in [3.8, 4) is 5.75 Å².